The van der Waals surface area contributed by atoms with E-state index < -0.39 is 12.0 Å². The second-order valence-electron chi connectivity index (χ2n) is 8.00. The van der Waals surface area contributed by atoms with Crippen LogP contribution in [0.2, 0.25) is 0 Å². The molecule has 1 aliphatic rings. The minimum absolute atomic E-state index is 0.0528. The van der Waals surface area contributed by atoms with Crippen LogP contribution in [-0.2, 0) is 16.0 Å². The first-order valence-electron chi connectivity index (χ1n) is 10.9. The first-order valence-corrected chi connectivity index (χ1v) is 10.9. The summed E-state index contributed by atoms with van der Waals surface area (Å²) in [6, 6.07) is 12.5. The van der Waals surface area contributed by atoms with Gasteiger partial charge in [0, 0.05) is 6.54 Å². The maximum atomic E-state index is 13.5. The van der Waals surface area contributed by atoms with Crippen LogP contribution in [0.15, 0.2) is 42.5 Å². The van der Waals surface area contributed by atoms with Crippen LogP contribution in [0.4, 0.5) is 4.79 Å². The van der Waals surface area contributed by atoms with E-state index in [2.05, 4.69) is 5.32 Å². The molecule has 0 unspecified atom stereocenters. The number of hydrogen-bond acceptors (Lipinski definition) is 5. The number of ether oxygens (including phenoxy) is 3. The Kier molecular flexibility index (Phi) is 7.62. The van der Waals surface area contributed by atoms with Gasteiger partial charge in [-0.05, 0) is 41.2 Å². The number of carbonyl (C=O) groups excluding carboxylic acids is 2. The maximum Gasteiger partial charge on any atom is 0.328 e. The Bertz CT molecular complexity index is 947. The van der Waals surface area contributed by atoms with E-state index >= 15 is 0 Å². The van der Waals surface area contributed by atoms with Crippen molar-refractivity contribution in [2.24, 2.45) is 5.92 Å². The zero-order chi connectivity index (χ0) is 23.3. The number of fused-ring (bicyclic) bond motifs is 1. The summed E-state index contributed by atoms with van der Waals surface area (Å²) in [7, 11) is 4.55. The van der Waals surface area contributed by atoms with Gasteiger partial charge < -0.3 is 24.4 Å². The van der Waals surface area contributed by atoms with Gasteiger partial charge in [0.15, 0.2) is 11.5 Å². The fourth-order valence-electron chi connectivity index (χ4n) is 4.17. The van der Waals surface area contributed by atoms with Crippen LogP contribution in [0.25, 0.3) is 0 Å². The molecule has 3 rings (SSSR count). The van der Waals surface area contributed by atoms with Crippen LogP contribution >= 0.6 is 0 Å². The summed E-state index contributed by atoms with van der Waals surface area (Å²) in [4.78, 5) is 27.6. The molecule has 1 aliphatic heterocycles. The molecule has 0 aromatic heterocycles. The van der Waals surface area contributed by atoms with Gasteiger partial charge in [-0.2, -0.15) is 0 Å². The molecule has 3 atom stereocenters. The van der Waals surface area contributed by atoms with Gasteiger partial charge in [-0.25, -0.2) is 9.59 Å². The highest BCUT2D eigenvalue weighted by atomic mass is 16.5. The number of esters is 1. The minimum atomic E-state index is -0.708. The van der Waals surface area contributed by atoms with Crippen LogP contribution in [-0.4, -0.2) is 50.8 Å². The van der Waals surface area contributed by atoms with Crippen LogP contribution < -0.4 is 14.8 Å². The number of nitrogens with one attached hydrogen (secondary N) is 1. The molecule has 32 heavy (non-hydrogen) atoms. The number of amides is 2. The molecule has 0 radical (unpaired) electrons. The van der Waals surface area contributed by atoms with Crippen molar-refractivity contribution in [2.75, 3.05) is 27.9 Å². The third-order valence-corrected chi connectivity index (χ3v) is 6.20. The molecule has 0 saturated heterocycles. The van der Waals surface area contributed by atoms with Crippen molar-refractivity contribution in [1.82, 2.24) is 10.2 Å². The molecule has 172 valence electrons. The van der Waals surface area contributed by atoms with Gasteiger partial charge in [-0.3, -0.25) is 0 Å². The summed E-state index contributed by atoms with van der Waals surface area (Å²) in [6.45, 7) is 4.41. The molecule has 1 N–H and O–H groups in total. The highest BCUT2D eigenvalue weighted by molar-refractivity contribution is 5.84. The van der Waals surface area contributed by atoms with Gasteiger partial charge in [0.05, 0.1) is 27.4 Å². The first kappa shape index (κ1) is 23.4. The lowest BCUT2D eigenvalue weighted by atomic mass is 9.87. The summed E-state index contributed by atoms with van der Waals surface area (Å²) in [6.07, 6.45) is 1.40. The molecule has 0 spiro atoms. The average molecular weight is 441 g/mol. The van der Waals surface area contributed by atoms with Gasteiger partial charge in [-0.1, -0.05) is 50.6 Å². The highest BCUT2D eigenvalue weighted by Crippen LogP contribution is 2.41. The van der Waals surface area contributed by atoms with Crippen molar-refractivity contribution in [1.29, 1.82) is 0 Å². The zero-order valence-corrected chi connectivity index (χ0v) is 19.4. The van der Waals surface area contributed by atoms with Crippen molar-refractivity contribution in [3.8, 4) is 11.5 Å². The van der Waals surface area contributed by atoms with Crippen molar-refractivity contribution in [2.45, 2.75) is 38.8 Å². The molecule has 0 aliphatic carbocycles. The lowest BCUT2D eigenvalue weighted by molar-refractivity contribution is -0.144. The SMILES string of the molecule is CC[C@H](C)[C@H](NC(=O)N1CCc2cc(OC)c(OC)cc2[C@@H]1c1ccccc1)C(=O)OC. The summed E-state index contributed by atoms with van der Waals surface area (Å²) >= 11 is 0. The summed E-state index contributed by atoms with van der Waals surface area (Å²) in [5.74, 6) is 0.788. The summed E-state index contributed by atoms with van der Waals surface area (Å²) in [5, 5.41) is 2.93. The van der Waals surface area contributed by atoms with E-state index in [-0.39, 0.29) is 18.0 Å². The third-order valence-electron chi connectivity index (χ3n) is 6.20. The molecular weight excluding hydrogens is 408 g/mol. The largest absolute Gasteiger partial charge is 0.493 e. The standard InChI is InChI=1S/C25H32N2O5/c1-6-16(2)22(24(28)32-5)26-25(29)27-13-12-18-14-20(30-3)21(31-4)15-19(18)23(27)17-10-8-7-9-11-17/h7-11,14-16,22-23H,6,12-13H2,1-5H3,(H,26,29)/t16-,22-,23-/m0/s1. The molecule has 0 bridgehead atoms. The monoisotopic (exact) mass is 440 g/mol. The number of nitrogens with zero attached hydrogens (tertiary/aromatic N) is 1. The molecule has 7 nitrogen and oxygen atoms in total. The Balaban J connectivity index is 2.02. The van der Waals surface area contributed by atoms with E-state index in [0.29, 0.717) is 24.5 Å². The Morgan fingerprint density at radius 1 is 1.09 bits per heavy atom. The quantitative estimate of drug-likeness (QED) is 0.660. The van der Waals surface area contributed by atoms with Gasteiger partial charge in [-0.15, -0.1) is 0 Å². The fourth-order valence-corrected chi connectivity index (χ4v) is 4.17. The normalized spacial score (nSPS) is 17.0. The highest BCUT2D eigenvalue weighted by Gasteiger charge is 2.36. The van der Waals surface area contributed by atoms with E-state index in [1.807, 2.05) is 56.3 Å². The molecule has 2 aromatic rings. The Hall–Kier alpha value is -3.22. The van der Waals surface area contributed by atoms with Gasteiger partial charge >= 0.3 is 12.0 Å². The van der Waals surface area contributed by atoms with Crippen LogP contribution in [0.5, 0.6) is 11.5 Å². The Labute approximate surface area is 189 Å². The van der Waals surface area contributed by atoms with Crippen molar-refractivity contribution in [3.05, 3.63) is 59.2 Å². The van der Waals surface area contributed by atoms with Crippen molar-refractivity contribution < 1.29 is 23.8 Å². The van der Waals surface area contributed by atoms with Crippen LogP contribution in [0.1, 0.15) is 43.0 Å². The first-order chi connectivity index (χ1) is 15.4. The molecule has 0 saturated carbocycles. The topological polar surface area (TPSA) is 77.1 Å². The van der Waals surface area contributed by atoms with E-state index in [1.54, 1.807) is 19.1 Å². The van der Waals surface area contributed by atoms with E-state index in [4.69, 9.17) is 14.2 Å². The molecular formula is C25H32N2O5. The second kappa shape index (κ2) is 10.4. The molecule has 2 amide bonds. The predicted octanol–water partition coefficient (Wildman–Crippen LogP) is 3.95. The third kappa shape index (κ3) is 4.66. The second-order valence-corrected chi connectivity index (χ2v) is 8.00. The number of urea groups is 1. The van der Waals surface area contributed by atoms with E-state index in [1.165, 1.54) is 7.11 Å². The Morgan fingerprint density at radius 2 is 1.75 bits per heavy atom. The van der Waals surface area contributed by atoms with E-state index in [9.17, 15) is 9.59 Å². The average Bonchev–Trinajstić information content (AvgIpc) is 2.84. The van der Waals surface area contributed by atoms with Crippen molar-refractivity contribution >= 4 is 12.0 Å². The smallest absolute Gasteiger partial charge is 0.328 e. The maximum absolute atomic E-state index is 13.5. The molecule has 2 aromatic carbocycles. The number of benzene rings is 2. The molecule has 0 fully saturated rings. The summed E-state index contributed by atoms with van der Waals surface area (Å²) < 4.78 is 16.0. The summed E-state index contributed by atoms with van der Waals surface area (Å²) in [5.41, 5.74) is 3.06. The van der Waals surface area contributed by atoms with Gasteiger partial charge in [0.2, 0.25) is 0 Å². The fraction of sp³-hybridized carbons (Fsp3) is 0.440. The number of rotatable bonds is 7. The number of hydrogen-bond donors (Lipinski definition) is 1. The lowest BCUT2D eigenvalue weighted by Gasteiger charge is -2.39. The van der Waals surface area contributed by atoms with Crippen molar-refractivity contribution in [3.63, 3.8) is 0 Å². The predicted molar refractivity (Wildman–Crippen MR) is 122 cm³/mol. The zero-order valence-electron chi connectivity index (χ0n) is 19.4. The van der Waals surface area contributed by atoms with E-state index in [0.717, 1.165) is 23.1 Å². The van der Waals surface area contributed by atoms with Gasteiger partial charge in [0.1, 0.15) is 6.04 Å². The lowest BCUT2D eigenvalue weighted by Crippen LogP contribution is -2.53. The minimum Gasteiger partial charge on any atom is -0.493 e. The molecule has 7 heteroatoms. The number of carbonyl (C=O) groups is 2. The number of methoxy groups -OCH3 is 3. The van der Waals surface area contributed by atoms with Gasteiger partial charge in [0.25, 0.3) is 0 Å². The Morgan fingerprint density at radius 3 is 2.34 bits per heavy atom. The van der Waals surface area contributed by atoms with Crippen LogP contribution in [0, 0.1) is 5.92 Å². The molecule has 1 heterocycles. The van der Waals surface area contributed by atoms with Crippen LogP contribution in [0.3, 0.4) is 0 Å².